The summed E-state index contributed by atoms with van der Waals surface area (Å²) in [6.45, 7) is 4.27. The van der Waals surface area contributed by atoms with Crippen molar-refractivity contribution in [3.63, 3.8) is 0 Å². The van der Waals surface area contributed by atoms with Gasteiger partial charge in [-0.3, -0.25) is 0 Å². The summed E-state index contributed by atoms with van der Waals surface area (Å²) in [4.78, 5) is 11.5. The molecule has 0 bridgehead atoms. The Morgan fingerprint density at radius 3 is 2.79 bits per heavy atom. The summed E-state index contributed by atoms with van der Waals surface area (Å²) in [7, 11) is 1.66. The molecule has 14 heavy (non-hydrogen) atoms. The van der Waals surface area contributed by atoms with Crippen LogP contribution in [0.5, 0.6) is 0 Å². The van der Waals surface area contributed by atoms with Gasteiger partial charge in [0.05, 0.1) is 18.8 Å². The third-order valence-corrected chi connectivity index (χ3v) is 4.04. The quantitative estimate of drug-likeness (QED) is 0.679. The van der Waals surface area contributed by atoms with Gasteiger partial charge in [0.1, 0.15) is 0 Å². The number of hydrogen-bond acceptors (Lipinski definition) is 4. The third kappa shape index (κ3) is 3.95. The molecule has 0 aliphatic carbocycles. The molecule has 3 nitrogen and oxygen atoms in total. The summed E-state index contributed by atoms with van der Waals surface area (Å²) in [5, 5.41) is 0. The first kappa shape index (κ1) is 12.6. The van der Waals surface area contributed by atoms with Crippen LogP contribution in [0.15, 0.2) is 0 Å². The molecule has 0 spiro atoms. The Labute approximate surface area is 90.9 Å². The lowest BCUT2D eigenvalue weighted by molar-refractivity contribution is -0.160. The molecule has 1 saturated heterocycles. The zero-order valence-electron chi connectivity index (χ0n) is 8.93. The lowest BCUT2D eigenvalue weighted by Crippen LogP contribution is -2.25. The van der Waals surface area contributed by atoms with E-state index in [4.69, 9.17) is 21.3 Å². The zero-order valence-corrected chi connectivity index (χ0v) is 10.6. The molecular formula is C9H18O3PS-. The molecule has 1 unspecified atom stereocenters. The van der Waals surface area contributed by atoms with E-state index in [2.05, 4.69) is 0 Å². The molecule has 1 heterocycles. The van der Waals surface area contributed by atoms with Crippen LogP contribution < -0.4 is 4.89 Å². The van der Waals surface area contributed by atoms with Crippen LogP contribution in [0.4, 0.5) is 0 Å². The van der Waals surface area contributed by atoms with E-state index in [0.717, 1.165) is 6.42 Å². The first-order valence-corrected chi connectivity index (χ1v) is 8.19. The predicted molar refractivity (Wildman–Crippen MR) is 59.4 cm³/mol. The fraction of sp³-hybridized carbons (Fsp3) is 1.00. The molecule has 84 valence electrons. The van der Waals surface area contributed by atoms with E-state index in [1.807, 2.05) is 6.92 Å². The average Bonchev–Trinajstić information content (AvgIpc) is 2.28. The fourth-order valence-electron chi connectivity index (χ4n) is 2.00. The monoisotopic (exact) mass is 237 g/mol. The van der Waals surface area contributed by atoms with Gasteiger partial charge in [-0.2, -0.15) is 0 Å². The lowest BCUT2D eigenvalue weighted by Gasteiger charge is -2.28. The molecule has 0 aromatic heterocycles. The van der Waals surface area contributed by atoms with Gasteiger partial charge in [0.15, 0.2) is 0 Å². The van der Waals surface area contributed by atoms with Crippen LogP contribution in [0.1, 0.15) is 13.3 Å². The highest BCUT2D eigenvalue weighted by molar-refractivity contribution is 8.10. The maximum absolute atomic E-state index is 11.5. The third-order valence-electron chi connectivity index (χ3n) is 2.46. The molecule has 1 rings (SSSR count). The lowest BCUT2D eigenvalue weighted by atomic mass is 10.0. The number of methoxy groups -OCH3 is 1. The zero-order chi connectivity index (χ0) is 10.8. The van der Waals surface area contributed by atoms with Gasteiger partial charge in [0.25, 0.3) is 0 Å². The van der Waals surface area contributed by atoms with Crippen molar-refractivity contribution in [2.75, 3.05) is 26.5 Å². The second kappa shape index (κ2) is 5.04. The second-order valence-corrected chi connectivity index (χ2v) is 8.84. The Kier molecular flexibility index (Phi) is 4.54. The standard InChI is InChI=1S/C9H19O3PS/c1-7-4-8(6-13(3,10)14)9(12-7)5-11-2/h7-9H,4-6H2,1-3H3,(H,10,14)/p-1/t7-,8-,9+,13?/m0/s1. The summed E-state index contributed by atoms with van der Waals surface area (Å²) < 4.78 is 10.7. The van der Waals surface area contributed by atoms with Crippen LogP contribution in [0.25, 0.3) is 0 Å². The van der Waals surface area contributed by atoms with Gasteiger partial charge in [-0.15, -0.1) is 18.1 Å². The number of ether oxygens (including phenoxy) is 2. The maximum Gasteiger partial charge on any atom is 0.0844 e. The van der Waals surface area contributed by atoms with Crippen molar-refractivity contribution < 1.29 is 14.4 Å². The van der Waals surface area contributed by atoms with Crippen molar-refractivity contribution in [3.05, 3.63) is 0 Å². The van der Waals surface area contributed by atoms with Crippen LogP contribution in [0.2, 0.25) is 0 Å². The van der Waals surface area contributed by atoms with Gasteiger partial charge in [-0.1, -0.05) is 0 Å². The largest absolute Gasteiger partial charge is 0.821 e. The van der Waals surface area contributed by atoms with Crippen molar-refractivity contribution in [2.24, 2.45) is 5.92 Å². The van der Waals surface area contributed by atoms with Gasteiger partial charge in [-0.25, -0.2) is 0 Å². The van der Waals surface area contributed by atoms with Crippen molar-refractivity contribution in [1.29, 1.82) is 0 Å². The van der Waals surface area contributed by atoms with Crippen LogP contribution in [0.3, 0.4) is 0 Å². The van der Waals surface area contributed by atoms with Gasteiger partial charge >= 0.3 is 0 Å². The Morgan fingerprint density at radius 1 is 1.64 bits per heavy atom. The molecule has 1 aliphatic rings. The van der Waals surface area contributed by atoms with Crippen LogP contribution in [0, 0.1) is 5.92 Å². The van der Waals surface area contributed by atoms with E-state index >= 15 is 0 Å². The molecule has 0 N–H and O–H groups in total. The van der Waals surface area contributed by atoms with Crippen molar-refractivity contribution >= 4 is 18.1 Å². The minimum atomic E-state index is -2.35. The van der Waals surface area contributed by atoms with Crippen LogP contribution >= 0.6 is 6.26 Å². The summed E-state index contributed by atoms with van der Waals surface area (Å²) in [6.07, 6.45) is -0.497. The van der Waals surface area contributed by atoms with Gasteiger partial charge < -0.3 is 14.4 Å². The van der Waals surface area contributed by atoms with E-state index in [-0.39, 0.29) is 12.2 Å². The summed E-state index contributed by atoms with van der Waals surface area (Å²) in [6, 6.07) is 0. The molecule has 1 fully saturated rings. The Hall–Kier alpha value is 0.530. The van der Waals surface area contributed by atoms with E-state index in [1.165, 1.54) is 0 Å². The number of hydrogen-bond donors (Lipinski definition) is 0. The van der Waals surface area contributed by atoms with Crippen molar-refractivity contribution in [2.45, 2.75) is 25.6 Å². The molecule has 4 atom stereocenters. The smallest absolute Gasteiger partial charge is 0.0844 e. The van der Waals surface area contributed by atoms with Gasteiger partial charge in [-0.05, 0) is 32.1 Å². The molecule has 0 saturated carbocycles. The van der Waals surface area contributed by atoms with E-state index in [9.17, 15) is 4.89 Å². The average molecular weight is 237 g/mol. The minimum absolute atomic E-state index is 0.0752. The molecule has 0 aromatic rings. The minimum Gasteiger partial charge on any atom is -0.821 e. The van der Waals surface area contributed by atoms with Gasteiger partial charge in [0, 0.05) is 7.11 Å². The fourth-order valence-corrected chi connectivity index (χ4v) is 3.81. The van der Waals surface area contributed by atoms with Crippen molar-refractivity contribution in [1.82, 2.24) is 0 Å². The first-order valence-electron chi connectivity index (χ1n) is 4.84. The molecule has 0 amide bonds. The van der Waals surface area contributed by atoms with E-state index < -0.39 is 6.26 Å². The van der Waals surface area contributed by atoms with E-state index in [0.29, 0.717) is 18.7 Å². The van der Waals surface area contributed by atoms with Crippen molar-refractivity contribution in [3.8, 4) is 0 Å². The highest BCUT2D eigenvalue weighted by atomic mass is 32.4. The predicted octanol–water partition coefficient (Wildman–Crippen LogP) is 0.811. The molecule has 0 aromatic carbocycles. The SMILES string of the molecule is COC[C@H]1O[C@@H](C)C[C@H]1CP(C)([O-])=S. The first-order chi connectivity index (χ1) is 6.42. The Morgan fingerprint density at radius 2 is 2.29 bits per heavy atom. The topological polar surface area (TPSA) is 41.5 Å². The summed E-state index contributed by atoms with van der Waals surface area (Å²) in [5.74, 6) is 0.304. The molecule has 5 heteroatoms. The normalized spacial score (nSPS) is 37.0. The number of rotatable bonds is 4. The van der Waals surface area contributed by atoms with Crippen LogP contribution in [-0.2, 0) is 21.3 Å². The molecule has 0 radical (unpaired) electrons. The molecule has 1 aliphatic heterocycles. The summed E-state index contributed by atoms with van der Waals surface area (Å²) in [5.41, 5.74) is 0. The maximum atomic E-state index is 11.5. The highest BCUT2D eigenvalue weighted by Gasteiger charge is 2.33. The molecular weight excluding hydrogens is 219 g/mol. The van der Waals surface area contributed by atoms with Gasteiger partial charge in [0.2, 0.25) is 0 Å². The Bertz CT molecular complexity index is 228. The highest BCUT2D eigenvalue weighted by Crippen LogP contribution is 2.39. The van der Waals surface area contributed by atoms with Crippen LogP contribution in [-0.4, -0.2) is 38.8 Å². The Balaban J connectivity index is 2.53. The summed E-state index contributed by atoms with van der Waals surface area (Å²) >= 11 is 4.96. The second-order valence-electron chi connectivity index (χ2n) is 4.13. The van der Waals surface area contributed by atoms with E-state index in [1.54, 1.807) is 13.8 Å².